The van der Waals surface area contributed by atoms with Crippen molar-refractivity contribution in [2.45, 2.75) is 38.9 Å². The Morgan fingerprint density at radius 2 is 1.87 bits per heavy atom. The van der Waals surface area contributed by atoms with Crippen molar-refractivity contribution in [3.05, 3.63) is 0 Å². The molecule has 5 heteroatoms. The predicted octanol–water partition coefficient (Wildman–Crippen LogP) is 2.26. The Balaban J connectivity index is 4.14. The highest BCUT2D eigenvalue weighted by atomic mass is 19.4. The first-order valence-corrected chi connectivity index (χ1v) is 5.39. The number of nitrogens with zero attached hydrogens (tertiary/aromatic N) is 1. The summed E-state index contributed by atoms with van der Waals surface area (Å²) in [6.07, 6.45) is -2.51. The van der Waals surface area contributed by atoms with E-state index in [1.165, 1.54) is 4.90 Å². The second-order valence-electron chi connectivity index (χ2n) is 3.74. The van der Waals surface area contributed by atoms with Gasteiger partial charge in [-0.15, -0.1) is 0 Å². The normalized spacial score (nSPS) is 14.6. The molecule has 0 spiro atoms. The predicted molar refractivity (Wildman–Crippen MR) is 55.9 cm³/mol. The summed E-state index contributed by atoms with van der Waals surface area (Å²) in [5.74, 6) is 0. The van der Waals surface area contributed by atoms with E-state index in [9.17, 15) is 13.2 Å². The minimum absolute atomic E-state index is 0.138. The molecule has 1 unspecified atom stereocenters. The number of nitrogens with one attached hydrogen (secondary N) is 1. The van der Waals surface area contributed by atoms with Gasteiger partial charge in [0.05, 0.1) is 6.54 Å². The van der Waals surface area contributed by atoms with Gasteiger partial charge < -0.3 is 5.32 Å². The molecular weight excluding hydrogens is 205 g/mol. The summed E-state index contributed by atoms with van der Waals surface area (Å²) in [4.78, 5) is 1.46. The first kappa shape index (κ1) is 14.7. The Morgan fingerprint density at radius 1 is 1.27 bits per heavy atom. The van der Waals surface area contributed by atoms with Gasteiger partial charge in [0, 0.05) is 12.6 Å². The van der Waals surface area contributed by atoms with Gasteiger partial charge in [-0.05, 0) is 26.4 Å². The van der Waals surface area contributed by atoms with Gasteiger partial charge in [0.2, 0.25) is 0 Å². The molecule has 0 bridgehead atoms. The van der Waals surface area contributed by atoms with E-state index in [0.717, 1.165) is 12.8 Å². The van der Waals surface area contributed by atoms with E-state index in [0.29, 0.717) is 13.1 Å². The third-order valence-corrected chi connectivity index (χ3v) is 2.32. The fourth-order valence-electron chi connectivity index (χ4n) is 1.54. The second-order valence-corrected chi connectivity index (χ2v) is 3.74. The molecule has 1 N–H and O–H groups in total. The van der Waals surface area contributed by atoms with Crippen LogP contribution in [-0.4, -0.2) is 43.8 Å². The van der Waals surface area contributed by atoms with Crippen LogP contribution in [0.25, 0.3) is 0 Å². The Hall–Kier alpha value is -0.290. The molecule has 0 radical (unpaired) electrons. The van der Waals surface area contributed by atoms with Gasteiger partial charge in [-0.25, -0.2) is 0 Å². The molecule has 0 saturated heterocycles. The van der Waals surface area contributed by atoms with Crippen LogP contribution in [0, 0.1) is 0 Å². The first-order chi connectivity index (χ1) is 6.92. The molecule has 0 fully saturated rings. The van der Waals surface area contributed by atoms with Gasteiger partial charge in [-0.2, -0.15) is 13.2 Å². The lowest BCUT2D eigenvalue weighted by atomic mass is 10.2. The number of rotatable bonds is 7. The molecule has 15 heavy (non-hydrogen) atoms. The highest BCUT2D eigenvalue weighted by molar-refractivity contribution is 4.71. The second kappa shape index (κ2) is 7.06. The molecule has 0 heterocycles. The van der Waals surface area contributed by atoms with E-state index in [1.807, 2.05) is 13.8 Å². The average molecular weight is 226 g/mol. The van der Waals surface area contributed by atoms with Gasteiger partial charge in [-0.1, -0.05) is 13.8 Å². The van der Waals surface area contributed by atoms with Crippen molar-refractivity contribution >= 4 is 0 Å². The molecular formula is C10H21F3N2. The van der Waals surface area contributed by atoms with Crippen LogP contribution >= 0.6 is 0 Å². The van der Waals surface area contributed by atoms with E-state index in [4.69, 9.17) is 0 Å². The third kappa shape index (κ3) is 7.62. The van der Waals surface area contributed by atoms with E-state index < -0.39 is 12.7 Å². The molecule has 2 nitrogen and oxygen atoms in total. The van der Waals surface area contributed by atoms with Crippen LogP contribution in [0.3, 0.4) is 0 Å². The van der Waals surface area contributed by atoms with Crippen LogP contribution in [0.2, 0.25) is 0 Å². The number of hydrogen-bond acceptors (Lipinski definition) is 2. The van der Waals surface area contributed by atoms with E-state index in [-0.39, 0.29) is 6.04 Å². The molecule has 0 amide bonds. The molecule has 0 aliphatic rings. The molecule has 0 aromatic heterocycles. The molecule has 0 aliphatic carbocycles. The lowest BCUT2D eigenvalue weighted by molar-refractivity contribution is -0.146. The maximum absolute atomic E-state index is 12.2. The molecule has 0 aliphatic heterocycles. The zero-order valence-corrected chi connectivity index (χ0v) is 9.69. The van der Waals surface area contributed by atoms with Crippen LogP contribution in [0.15, 0.2) is 0 Å². The van der Waals surface area contributed by atoms with Gasteiger partial charge in [0.25, 0.3) is 0 Å². The van der Waals surface area contributed by atoms with Crippen molar-refractivity contribution in [2.24, 2.45) is 0 Å². The molecule has 0 saturated carbocycles. The standard InChI is InChI=1S/C10H21F3N2/c1-4-6-15(8-10(11,12)13)7-9(5-2)14-3/h9,14H,4-8H2,1-3H3. The lowest BCUT2D eigenvalue weighted by Crippen LogP contribution is -2.43. The van der Waals surface area contributed by atoms with Crippen molar-refractivity contribution in [3.8, 4) is 0 Å². The topological polar surface area (TPSA) is 15.3 Å². The summed E-state index contributed by atoms with van der Waals surface area (Å²) in [5, 5.41) is 3.02. The van der Waals surface area contributed by atoms with Crippen LogP contribution in [0.4, 0.5) is 13.2 Å². The van der Waals surface area contributed by atoms with Crippen LogP contribution < -0.4 is 5.32 Å². The highest BCUT2D eigenvalue weighted by Crippen LogP contribution is 2.17. The summed E-state index contributed by atoms with van der Waals surface area (Å²) in [6.45, 7) is 4.01. The summed E-state index contributed by atoms with van der Waals surface area (Å²) < 4.78 is 36.7. The minimum atomic E-state index is -4.10. The van der Waals surface area contributed by atoms with Gasteiger partial charge in [0.15, 0.2) is 0 Å². The summed E-state index contributed by atoms with van der Waals surface area (Å²) in [7, 11) is 1.78. The van der Waals surface area contributed by atoms with Gasteiger partial charge in [0.1, 0.15) is 0 Å². The minimum Gasteiger partial charge on any atom is -0.316 e. The fraction of sp³-hybridized carbons (Fsp3) is 1.00. The Bertz CT molecular complexity index is 155. The van der Waals surface area contributed by atoms with E-state index in [2.05, 4.69) is 5.32 Å². The van der Waals surface area contributed by atoms with E-state index in [1.54, 1.807) is 7.05 Å². The van der Waals surface area contributed by atoms with Crippen molar-refractivity contribution in [1.82, 2.24) is 10.2 Å². The molecule has 1 atom stereocenters. The number of alkyl halides is 3. The van der Waals surface area contributed by atoms with Crippen molar-refractivity contribution in [1.29, 1.82) is 0 Å². The lowest BCUT2D eigenvalue weighted by Gasteiger charge is -2.27. The molecule has 0 rings (SSSR count). The Labute approximate surface area is 89.8 Å². The molecule has 0 aromatic carbocycles. The zero-order chi connectivity index (χ0) is 11.9. The van der Waals surface area contributed by atoms with Crippen LogP contribution in [0.1, 0.15) is 26.7 Å². The quantitative estimate of drug-likeness (QED) is 0.716. The smallest absolute Gasteiger partial charge is 0.316 e. The fourth-order valence-corrected chi connectivity index (χ4v) is 1.54. The summed E-state index contributed by atoms with van der Waals surface area (Å²) in [6, 6.07) is 0.138. The molecule has 0 aromatic rings. The first-order valence-electron chi connectivity index (χ1n) is 5.39. The SMILES string of the molecule is CCCN(CC(CC)NC)CC(F)(F)F. The number of likely N-dealkylation sites (N-methyl/N-ethyl adjacent to an activating group) is 1. The summed E-state index contributed by atoms with van der Waals surface area (Å²) >= 11 is 0. The average Bonchev–Trinajstić information content (AvgIpc) is 2.11. The van der Waals surface area contributed by atoms with E-state index >= 15 is 0 Å². The van der Waals surface area contributed by atoms with Crippen molar-refractivity contribution in [2.75, 3.05) is 26.7 Å². The third-order valence-electron chi connectivity index (χ3n) is 2.32. The largest absolute Gasteiger partial charge is 0.401 e. The summed E-state index contributed by atoms with van der Waals surface area (Å²) in [5.41, 5.74) is 0. The van der Waals surface area contributed by atoms with Gasteiger partial charge in [-0.3, -0.25) is 4.90 Å². The molecule has 92 valence electrons. The number of hydrogen-bond donors (Lipinski definition) is 1. The van der Waals surface area contributed by atoms with Crippen molar-refractivity contribution in [3.63, 3.8) is 0 Å². The van der Waals surface area contributed by atoms with Gasteiger partial charge >= 0.3 is 6.18 Å². The van der Waals surface area contributed by atoms with Crippen LogP contribution in [-0.2, 0) is 0 Å². The van der Waals surface area contributed by atoms with Crippen LogP contribution in [0.5, 0.6) is 0 Å². The Morgan fingerprint density at radius 3 is 2.20 bits per heavy atom. The monoisotopic (exact) mass is 226 g/mol. The zero-order valence-electron chi connectivity index (χ0n) is 9.69. The Kier molecular flexibility index (Phi) is 6.92. The highest BCUT2D eigenvalue weighted by Gasteiger charge is 2.30. The number of halogens is 3. The van der Waals surface area contributed by atoms with Crippen molar-refractivity contribution < 1.29 is 13.2 Å². The maximum Gasteiger partial charge on any atom is 0.401 e. The maximum atomic E-state index is 12.2.